The lowest BCUT2D eigenvalue weighted by Gasteiger charge is -2.18. The van der Waals surface area contributed by atoms with E-state index in [-0.39, 0.29) is 5.84 Å². The van der Waals surface area contributed by atoms with Gasteiger partial charge < -0.3 is 15.7 Å². The first kappa shape index (κ1) is 13.8. The summed E-state index contributed by atoms with van der Waals surface area (Å²) in [6.07, 6.45) is 1.17. The van der Waals surface area contributed by atoms with Gasteiger partial charge in [0, 0.05) is 25.8 Å². The van der Waals surface area contributed by atoms with Crippen LogP contribution in [0, 0.1) is 5.92 Å². The van der Waals surface area contributed by atoms with Crippen LogP contribution in [0.15, 0.2) is 29.4 Å². The van der Waals surface area contributed by atoms with E-state index in [2.05, 4.69) is 10.1 Å². The minimum atomic E-state index is 0.170. The van der Waals surface area contributed by atoms with Gasteiger partial charge in [-0.3, -0.25) is 4.90 Å². The molecule has 1 aromatic rings. The molecule has 0 radical (unpaired) electrons. The van der Waals surface area contributed by atoms with Gasteiger partial charge in [0.15, 0.2) is 5.84 Å². The number of hydrogen-bond acceptors (Lipinski definition) is 4. The zero-order valence-corrected chi connectivity index (χ0v) is 11.2. The number of methoxy groups -OCH3 is 1. The van der Waals surface area contributed by atoms with Gasteiger partial charge in [-0.05, 0) is 24.4 Å². The van der Waals surface area contributed by atoms with Gasteiger partial charge in [-0.2, -0.15) is 0 Å². The molecule has 1 atom stereocenters. The Hall–Kier alpha value is -1.59. The highest BCUT2D eigenvalue weighted by Gasteiger charge is 2.23. The Morgan fingerprint density at radius 3 is 3.05 bits per heavy atom. The second kappa shape index (κ2) is 6.54. The third-order valence-electron chi connectivity index (χ3n) is 3.57. The molecule has 0 bridgehead atoms. The van der Waals surface area contributed by atoms with Crippen molar-refractivity contribution in [3.05, 3.63) is 35.4 Å². The number of ether oxygens (including phenoxy) is 1. The van der Waals surface area contributed by atoms with Crippen LogP contribution in [0.4, 0.5) is 0 Å². The van der Waals surface area contributed by atoms with Crippen molar-refractivity contribution in [2.24, 2.45) is 16.8 Å². The van der Waals surface area contributed by atoms with Gasteiger partial charge in [0.05, 0.1) is 6.61 Å². The average Bonchev–Trinajstić information content (AvgIpc) is 2.86. The molecule has 5 nitrogen and oxygen atoms in total. The highest BCUT2D eigenvalue weighted by molar-refractivity contribution is 5.98. The lowest BCUT2D eigenvalue weighted by Crippen LogP contribution is -2.24. The molecule has 1 fully saturated rings. The number of nitrogens with zero attached hydrogens (tertiary/aromatic N) is 2. The SMILES string of the molecule is COCC1CCN(Cc2ccccc2C(N)=NO)C1. The number of nitrogens with two attached hydrogens (primary N) is 1. The van der Waals surface area contributed by atoms with Crippen molar-refractivity contribution < 1.29 is 9.94 Å². The molecule has 0 amide bonds. The zero-order chi connectivity index (χ0) is 13.7. The molecule has 1 saturated heterocycles. The number of oxime groups is 1. The molecule has 1 aliphatic heterocycles. The molecule has 19 heavy (non-hydrogen) atoms. The molecular weight excluding hydrogens is 242 g/mol. The zero-order valence-electron chi connectivity index (χ0n) is 11.2. The normalized spacial score (nSPS) is 20.9. The fraction of sp³-hybridized carbons (Fsp3) is 0.500. The third kappa shape index (κ3) is 3.45. The van der Waals surface area contributed by atoms with Crippen molar-refractivity contribution in [2.75, 3.05) is 26.8 Å². The van der Waals surface area contributed by atoms with Crippen LogP contribution >= 0.6 is 0 Å². The highest BCUT2D eigenvalue weighted by Crippen LogP contribution is 2.20. The molecule has 1 heterocycles. The second-order valence-corrected chi connectivity index (χ2v) is 4.99. The van der Waals surface area contributed by atoms with Gasteiger partial charge in [-0.25, -0.2) is 0 Å². The van der Waals surface area contributed by atoms with Crippen LogP contribution in [0.1, 0.15) is 17.5 Å². The fourth-order valence-electron chi connectivity index (χ4n) is 2.63. The van der Waals surface area contributed by atoms with E-state index in [9.17, 15) is 0 Å². The van der Waals surface area contributed by atoms with Crippen LogP contribution in [-0.4, -0.2) is 42.7 Å². The number of likely N-dealkylation sites (tertiary alicyclic amines) is 1. The predicted molar refractivity (Wildman–Crippen MR) is 74.2 cm³/mol. The van der Waals surface area contributed by atoms with Gasteiger partial charge >= 0.3 is 0 Å². The molecule has 0 spiro atoms. The summed E-state index contributed by atoms with van der Waals surface area (Å²) in [5.74, 6) is 0.782. The first-order valence-electron chi connectivity index (χ1n) is 6.51. The quantitative estimate of drug-likeness (QED) is 0.363. The van der Waals surface area contributed by atoms with Crippen LogP contribution in [0.5, 0.6) is 0 Å². The van der Waals surface area contributed by atoms with Crippen LogP contribution in [-0.2, 0) is 11.3 Å². The maximum Gasteiger partial charge on any atom is 0.170 e. The first-order chi connectivity index (χ1) is 9.24. The van der Waals surface area contributed by atoms with Crippen molar-refractivity contribution in [1.29, 1.82) is 0 Å². The van der Waals surface area contributed by atoms with Crippen LogP contribution in [0.2, 0.25) is 0 Å². The van der Waals surface area contributed by atoms with E-state index < -0.39 is 0 Å². The van der Waals surface area contributed by atoms with E-state index >= 15 is 0 Å². The van der Waals surface area contributed by atoms with Gasteiger partial charge in [0.2, 0.25) is 0 Å². The molecular formula is C14H21N3O2. The monoisotopic (exact) mass is 263 g/mol. The van der Waals surface area contributed by atoms with Crippen molar-refractivity contribution in [3.8, 4) is 0 Å². The molecule has 0 aliphatic carbocycles. The topological polar surface area (TPSA) is 71.1 Å². The van der Waals surface area contributed by atoms with Crippen molar-refractivity contribution in [2.45, 2.75) is 13.0 Å². The summed E-state index contributed by atoms with van der Waals surface area (Å²) in [7, 11) is 1.75. The van der Waals surface area contributed by atoms with Crippen LogP contribution in [0.25, 0.3) is 0 Å². The third-order valence-corrected chi connectivity index (χ3v) is 3.57. The maximum absolute atomic E-state index is 8.82. The smallest absolute Gasteiger partial charge is 0.170 e. The Morgan fingerprint density at radius 2 is 2.32 bits per heavy atom. The Bertz CT molecular complexity index is 448. The first-order valence-corrected chi connectivity index (χ1v) is 6.51. The average molecular weight is 263 g/mol. The van der Waals surface area contributed by atoms with Gasteiger partial charge in [-0.15, -0.1) is 0 Å². The van der Waals surface area contributed by atoms with E-state index in [0.29, 0.717) is 5.92 Å². The van der Waals surface area contributed by atoms with Gasteiger partial charge in [0.25, 0.3) is 0 Å². The molecule has 104 valence electrons. The Kier molecular flexibility index (Phi) is 4.76. The summed E-state index contributed by atoms with van der Waals surface area (Å²) in [6.45, 7) is 3.75. The minimum Gasteiger partial charge on any atom is -0.409 e. The lowest BCUT2D eigenvalue weighted by molar-refractivity contribution is 0.152. The molecule has 2 rings (SSSR count). The largest absolute Gasteiger partial charge is 0.409 e. The van der Waals surface area contributed by atoms with E-state index in [1.165, 1.54) is 6.42 Å². The summed E-state index contributed by atoms with van der Waals surface area (Å²) in [5, 5.41) is 11.9. The summed E-state index contributed by atoms with van der Waals surface area (Å²) in [4.78, 5) is 2.38. The molecule has 0 saturated carbocycles. The van der Waals surface area contributed by atoms with Gasteiger partial charge in [-0.1, -0.05) is 29.4 Å². The number of benzene rings is 1. The lowest BCUT2D eigenvalue weighted by atomic mass is 10.1. The van der Waals surface area contributed by atoms with Gasteiger partial charge in [0.1, 0.15) is 0 Å². The summed E-state index contributed by atoms with van der Waals surface area (Å²) >= 11 is 0. The number of rotatable bonds is 5. The van der Waals surface area contributed by atoms with Crippen molar-refractivity contribution in [3.63, 3.8) is 0 Å². The summed E-state index contributed by atoms with van der Waals surface area (Å²) < 4.78 is 5.20. The molecule has 1 unspecified atom stereocenters. The van der Waals surface area contributed by atoms with Crippen LogP contribution < -0.4 is 5.73 Å². The molecule has 3 N–H and O–H groups in total. The minimum absolute atomic E-state index is 0.170. The Labute approximate surface area is 113 Å². The predicted octanol–water partition coefficient (Wildman–Crippen LogP) is 1.25. The fourth-order valence-corrected chi connectivity index (χ4v) is 2.63. The van der Waals surface area contributed by atoms with E-state index in [1.54, 1.807) is 7.11 Å². The summed E-state index contributed by atoms with van der Waals surface area (Å²) in [5.41, 5.74) is 7.60. The molecule has 1 aliphatic rings. The summed E-state index contributed by atoms with van der Waals surface area (Å²) in [6, 6.07) is 7.78. The van der Waals surface area contributed by atoms with Crippen molar-refractivity contribution >= 4 is 5.84 Å². The van der Waals surface area contributed by atoms with E-state index in [1.807, 2.05) is 24.3 Å². The van der Waals surface area contributed by atoms with Crippen LogP contribution in [0.3, 0.4) is 0 Å². The van der Waals surface area contributed by atoms with E-state index in [0.717, 1.165) is 37.4 Å². The number of amidine groups is 1. The molecule has 0 aromatic heterocycles. The van der Waals surface area contributed by atoms with Crippen molar-refractivity contribution in [1.82, 2.24) is 4.90 Å². The maximum atomic E-state index is 8.82. The number of hydrogen-bond donors (Lipinski definition) is 2. The van der Waals surface area contributed by atoms with E-state index in [4.69, 9.17) is 15.7 Å². The standard InChI is InChI=1S/C14H21N3O2/c1-19-10-11-6-7-17(8-11)9-12-4-2-3-5-13(12)14(15)16-18/h2-5,11,18H,6-10H2,1H3,(H2,15,16). The molecule has 1 aromatic carbocycles. The highest BCUT2D eigenvalue weighted by atomic mass is 16.5. The Morgan fingerprint density at radius 1 is 1.53 bits per heavy atom. The Balaban J connectivity index is 2.04. The molecule has 5 heteroatoms. The second-order valence-electron chi connectivity index (χ2n) is 4.99.